The van der Waals surface area contributed by atoms with Gasteiger partial charge in [-0.05, 0) is 36.4 Å². The van der Waals surface area contributed by atoms with Crippen molar-refractivity contribution in [3.8, 4) is 17.1 Å². The molecule has 1 amide bonds. The minimum atomic E-state index is -0.240. The van der Waals surface area contributed by atoms with Crippen molar-refractivity contribution in [3.05, 3.63) is 51.5 Å². The molecule has 0 saturated carbocycles. The van der Waals surface area contributed by atoms with Crippen LogP contribution in [-0.2, 0) is 4.79 Å². The molecule has 1 aromatic heterocycles. The maximum Gasteiger partial charge on any atom is 0.234 e. The van der Waals surface area contributed by atoms with Crippen LogP contribution < -0.4 is 10.1 Å². The quantitative estimate of drug-likeness (QED) is 0.514. The Morgan fingerprint density at radius 1 is 1.19 bits per heavy atom. The molecule has 3 rings (SSSR count). The summed E-state index contributed by atoms with van der Waals surface area (Å²) in [4.78, 5) is 16.5. The van der Waals surface area contributed by atoms with E-state index in [1.165, 1.54) is 11.8 Å². The van der Waals surface area contributed by atoms with Gasteiger partial charge in [0.05, 0.1) is 29.1 Å². The van der Waals surface area contributed by atoms with Gasteiger partial charge in [0.2, 0.25) is 11.1 Å². The number of anilines is 1. The molecule has 0 aliphatic carbocycles. The van der Waals surface area contributed by atoms with Crippen LogP contribution in [0.5, 0.6) is 5.75 Å². The molecule has 0 radical (unpaired) electrons. The van der Waals surface area contributed by atoms with Gasteiger partial charge >= 0.3 is 0 Å². The number of carbonyl (C=O) groups excluding carboxylic acids is 1. The van der Waals surface area contributed by atoms with E-state index in [9.17, 15) is 4.79 Å². The second-order valence-electron chi connectivity index (χ2n) is 5.27. The number of methoxy groups -OCH3 is 1. The lowest BCUT2D eigenvalue weighted by molar-refractivity contribution is -0.113. The number of nitrogens with one attached hydrogen (secondary N) is 2. The summed E-state index contributed by atoms with van der Waals surface area (Å²) in [6.45, 7) is 0. The van der Waals surface area contributed by atoms with Gasteiger partial charge in [0, 0.05) is 10.0 Å². The minimum Gasteiger partial charge on any atom is -0.496 e. The summed E-state index contributed by atoms with van der Waals surface area (Å²) < 4.78 is 5.31. The predicted octanol–water partition coefficient (Wildman–Crippen LogP) is 5.17. The smallest absolute Gasteiger partial charge is 0.234 e. The number of H-pyrrole nitrogens is 1. The molecule has 1 heterocycles. The number of halogens is 3. The maximum atomic E-state index is 12.1. The first-order valence-electron chi connectivity index (χ1n) is 7.60. The van der Waals surface area contributed by atoms with Gasteiger partial charge in [-0.3, -0.25) is 9.89 Å². The normalized spacial score (nSPS) is 10.7. The second-order valence-corrected chi connectivity index (χ2v) is 7.49. The summed E-state index contributed by atoms with van der Waals surface area (Å²) in [5.41, 5.74) is 1.17. The van der Waals surface area contributed by atoms with Crippen LogP contribution in [-0.4, -0.2) is 34.0 Å². The predicted molar refractivity (Wildman–Crippen MR) is 109 cm³/mol. The van der Waals surface area contributed by atoms with E-state index < -0.39 is 0 Å². The Balaban J connectivity index is 1.64. The average Bonchev–Trinajstić information content (AvgIpc) is 3.11. The SMILES string of the molecule is COc1ccc(Cl)cc1-c1nc(SCC(=O)Nc2ccc(Cl)cc2Cl)n[nH]1. The first kappa shape index (κ1) is 19.8. The van der Waals surface area contributed by atoms with E-state index in [0.717, 1.165) is 0 Å². The number of aromatic nitrogens is 3. The van der Waals surface area contributed by atoms with Crippen LogP contribution in [0, 0.1) is 0 Å². The van der Waals surface area contributed by atoms with Crippen molar-refractivity contribution in [1.29, 1.82) is 0 Å². The third-order valence-corrected chi connectivity index (χ3v) is 5.05. The third kappa shape index (κ3) is 5.07. The summed E-state index contributed by atoms with van der Waals surface area (Å²) in [5.74, 6) is 0.985. The van der Waals surface area contributed by atoms with Gasteiger partial charge in [-0.25, -0.2) is 4.98 Å². The largest absolute Gasteiger partial charge is 0.496 e. The Kier molecular flexibility index (Phi) is 6.49. The lowest BCUT2D eigenvalue weighted by atomic mass is 10.2. The van der Waals surface area contributed by atoms with Gasteiger partial charge in [-0.15, -0.1) is 5.10 Å². The first-order valence-corrected chi connectivity index (χ1v) is 9.72. The third-order valence-electron chi connectivity index (χ3n) is 3.42. The number of rotatable bonds is 6. The molecule has 0 fully saturated rings. The number of hydrogen-bond acceptors (Lipinski definition) is 5. The van der Waals surface area contributed by atoms with Crippen molar-refractivity contribution in [2.24, 2.45) is 0 Å². The van der Waals surface area contributed by atoms with E-state index in [2.05, 4.69) is 20.5 Å². The zero-order chi connectivity index (χ0) is 19.4. The molecule has 3 aromatic rings. The number of nitrogens with zero attached hydrogens (tertiary/aromatic N) is 2. The molecule has 0 unspecified atom stereocenters. The number of carbonyl (C=O) groups is 1. The highest BCUT2D eigenvalue weighted by molar-refractivity contribution is 7.99. The zero-order valence-electron chi connectivity index (χ0n) is 13.9. The van der Waals surface area contributed by atoms with Crippen molar-refractivity contribution in [2.45, 2.75) is 5.16 Å². The highest BCUT2D eigenvalue weighted by Gasteiger charge is 2.14. The molecule has 27 heavy (non-hydrogen) atoms. The number of benzene rings is 2. The lowest BCUT2D eigenvalue weighted by Gasteiger charge is -2.06. The molecular formula is C17H13Cl3N4O2S. The van der Waals surface area contributed by atoms with E-state index in [0.29, 0.717) is 43.0 Å². The summed E-state index contributed by atoms with van der Waals surface area (Å²) in [7, 11) is 1.56. The molecule has 10 heteroatoms. The van der Waals surface area contributed by atoms with Crippen molar-refractivity contribution in [1.82, 2.24) is 15.2 Å². The molecule has 2 aromatic carbocycles. The van der Waals surface area contributed by atoms with Crippen LogP contribution in [0.15, 0.2) is 41.6 Å². The Morgan fingerprint density at radius 2 is 1.93 bits per heavy atom. The number of hydrogen-bond donors (Lipinski definition) is 2. The fourth-order valence-electron chi connectivity index (χ4n) is 2.20. The molecule has 0 bridgehead atoms. The molecule has 2 N–H and O–H groups in total. The molecular weight excluding hydrogens is 431 g/mol. The standard InChI is InChI=1S/C17H13Cl3N4O2S/c1-26-14-5-3-9(18)6-11(14)16-22-17(24-23-16)27-8-15(25)21-13-4-2-10(19)7-12(13)20/h2-7H,8H2,1H3,(H,21,25)(H,22,23,24). The minimum absolute atomic E-state index is 0.114. The van der Waals surface area contributed by atoms with Crippen LogP contribution in [0.2, 0.25) is 15.1 Å². The van der Waals surface area contributed by atoms with Gasteiger partial charge in [0.15, 0.2) is 5.82 Å². The maximum absolute atomic E-state index is 12.1. The zero-order valence-corrected chi connectivity index (χ0v) is 17.0. The molecule has 0 aliphatic heterocycles. The van der Waals surface area contributed by atoms with Gasteiger partial charge in [-0.2, -0.15) is 0 Å². The summed E-state index contributed by atoms with van der Waals surface area (Å²) in [5, 5.41) is 11.5. The monoisotopic (exact) mass is 442 g/mol. The van der Waals surface area contributed by atoms with E-state index in [4.69, 9.17) is 39.5 Å². The Bertz CT molecular complexity index is 981. The summed E-state index contributed by atoms with van der Waals surface area (Å²) in [6.07, 6.45) is 0. The van der Waals surface area contributed by atoms with Crippen molar-refractivity contribution in [2.75, 3.05) is 18.2 Å². The fraction of sp³-hybridized carbons (Fsp3) is 0.118. The van der Waals surface area contributed by atoms with Crippen molar-refractivity contribution < 1.29 is 9.53 Å². The van der Waals surface area contributed by atoms with Crippen molar-refractivity contribution in [3.63, 3.8) is 0 Å². The second kappa shape index (κ2) is 8.84. The number of amides is 1. The van der Waals surface area contributed by atoms with Crippen LogP contribution in [0.1, 0.15) is 0 Å². The number of aromatic amines is 1. The number of thioether (sulfide) groups is 1. The highest BCUT2D eigenvalue weighted by atomic mass is 35.5. The van der Waals surface area contributed by atoms with E-state index in [1.54, 1.807) is 43.5 Å². The average molecular weight is 444 g/mol. The first-order chi connectivity index (χ1) is 13.0. The van der Waals surface area contributed by atoms with Gasteiger partial charge < -0.3 is 10.1 Å². The van der Waals surface area contributed by atoms with E-state index in [-0.39, 0.29) is 11.7 Å². The molecule has 140 valence electrons. The van der Waals surface area contributed by atoms with E-state index in [1.807, 2.05) is 0 Å². The highest BCUT2D eigenvalue weighted by Crippen LogP contribution is 2.31. The molecule has 0 spiro atoms. The lowest BCUT2D eigenvalue weighted by Crippen LogP contribution is -2.14. The van der Waals surface area contributed by atoms with Crippen LogP contribution in [0.3, 0.4) is 0 Å². The van der Waals surface area contributed by atoms with Gasteiger partial charge in [0.1, 0.15) is 5.75 Å². The van der Waals surface area contributed by atoms with Crippen molar-refractivity contribution >= 4 is 58.2 Å². The van der Waals surface area contributed by atoms with Gasteiger partial charge in [-0.1, -0.05) is 46.6 Å². The summed E-state index contributed by atoms with van der Waals surface area (Å²) in [6, 6.07) is 10.1. The van der Waals surface area contributed by atoms with Crippen LogP contribution in [0.25, 0.3) is 11.4 Å². The molecule has 0 atom stereocenters. The van der Waals surface area contributed by atoms with Crippen LogP contribution in [0.4, 0.5) is 5.69 Å². The van der Waals surface area contributed by atoms with E-state index >= 15 is 0 Å². The molecule has 0 saturated heterocycles. The summed E-state index contributed by atoms with van der Waals surface area (Å²) >= 11 is 19.1. The topological polar surface area (TPSA) is 79.9 Å². The van der Waals surface area contributed by atoms with Gasteiger partial charge in [0.25, 0.3) is 0 Å². The Labute approximate surface area is 174 Å². The van der Waals surface area contributed by atoms with Crippen LogP contribution >= 0.6 is 46.6 Å². The Morgan fingerprint density at radius 3 is 2.67 bits per heavy atom. The Hall–Kier alpha value is -1.93. The fourth-order valence-corrected chi connectivity index (χ4v) is 3.43. The molecule has 6 nitrogen and oxygen atoms in total. The number of ether oxygens (including phenoxy) is 1. The molecule has 0 aliphatic rings.